The van der Waals surface area contributed by atoms with E-state index in [0.717, 1.165) is 43.2 Å². The molecule has 0 aliphatic heterocycles. The molecule has 90 valence electrons. The van der Waals surface area contributed by atoms with Crippen molar-refractivity contribution in [3.8, 4) is 0 Å². The molecule has 0 amide bonds. The van der Waals surface area contributed by atoms with Crippen LogP contribution in [-0.4, -0.2) is 34.2 Å². The Morgan fingerprint density at radius 3 is 2.88 bits per heavy atom. The molecule has 1 heterocycles. The predicted molar refractivity (Wildman–Crippen MR) is 65.9 cm³/mol. The van der Waals surface area contributed by atoms with E-state index < -0.39 is 0 Å². The molecule has 0 aromatic carbocycles. The van der Waals surface area contributed by atoms with Gasteiger partial charge in [0.15, 0.2) is 0 Å². The minimum Gasteiger partial charge on any atom is -0.393 e. The molecule has 1 saturated carbocycles. The van der Waals surface area contributed by atoms with E-state index in [4.69, 9.17) is 0 Å². The first-order chi connectivity index (χ1) is 7.69. The molecular weight excluding hydrogens is 222 g/mol. The maximum absolute atomic E-state index is 9.23. The summed E-state index contributed by atoms with van der Waals surface area (Å²) in [6.07, 6.45) is 3.86. The number of aliphatic hydroxyl groups excluding tert-OH is 1. The van der Waals surface area contributed by atoms with E-state index in [1.807, 2.05) is 0 Å². The zero-order valence-electron chi connectivity index (χ0n) is 9.89. The molecule has 0 saturated heterocycles. The maximum Gasteiger partial charge on any atom is 0.204 e. The largest absolute Gasteiger partial charge is 0.393 e. The first kappa shape index (κ1) is 11.8. The average molecular weight is 241 g/mol. The summed E-state index contributed by atoms with van der Waals surface area (Å²) in [5.74, 6) is 1.58. The fraction of sp³-hybridized carbons (Fsp3) is 0.818. The monoisotopic (exact) mass is 241 g/mol. The van der Waals surface area contributed by atoms with Crippen LogP contribution in [0.2, 0.25) is 0 Å². The predicted octanol–water partition coefficient (Wildman–Crippen LogP) is 1.70. The molecule has 0 radical (unpaired) electrons. The number of anilines is 1. The van der Waals surface area contributed by atoms with Gasteiger partial charge in [0.2, 0.25) is 5.13 Å². The van der Waals surface area contributed by atoms with E-state index in [2.05, 4.69) is 28.2 Å². The van der Waals surface area contributed by atoms with Crippen LogP contribution in [0.3, 0.4) is 0 Å². The summed E-state index contributed by atoms with van der Waals surface area (Å²) in [7, 11) is 2.06. The molecule has 0 bridgehead atoms. The highest BCUT2D eigenvalue weighted by molar-refractivity contribution is 7.09. The molecule has 0 unspecified atom stereocenters. The number of hydrogen-bond donors (Lipinski definition) is 1. The van der Waals surface area contributed by atoms with Crippen molar-refractivity contribution >= 4 is 16.7 Å². The third kappa shape index (κ3) is 2.71. The van der Waals surface area contributed by atoms with Gasteiger partial charge in [0.25, 0.3) is 0 Å². The molecule has 1 N–H and O–H groups in total. The summed E-state index contributed by atoms with van der Waals surface area (Å²) in [6, 6.07) is 0. The van der Waals surface area contributed by atoms with Gasteiger partial charge in [0, 0.05) is 31.5 Å². The van der Waals surface area contributed by atoms with Crippen LogP contribution in [0.1, 0.15) is 32.0 Å². The standard InChI is InChI=1S/C11H19N3OS/c1-3-4-10-12-11(16-13-10)14(2)7-8-5-9(15)6-8/h8-9,15H,3-7H2,1-2H3. The third-order valence-electron chi connectivity index (χ3n) is 3.00. The second-order valence-electron chi connectivity index (χ2n) is 4.61. The molecule has 4 nitrogen and oxygen atoms in total. The Balaban J connectivity index is 1.85. The van der Waals surface area contributed by atoms with Crippen LogP contribution in [0, 0.1) is 5.92 Å². The van der Waals surface area contributed by atoms with Gasteiger partial charge in [0.05, 0.1) is 6.10 Å². The lowest BCUT2D eigenvalue weighted by molar-refractivity contribution is 0.0465. The molecule has 16 heavy (non-hydrogen) atoms. The molecule has 1 aromatic heterocycles. The number of aromatic nitrogens is 2. The van der Waals surface area contributed by atoms with Crippen molar-refractivity contribution in [3.63, 3.8) is 0 Å². The molecular formula is C11H19N3OS. The van der Waals surface area contributed by atoms with Crippen LogP contribution in [0.4, 0.5) is 5.13 Å². The van der Waals surface area contributed by atoms with Gasteiger partial charge in [-0.3, -0.25) is 0 Å². The van der Waals surface area contributed by atoms with Gasteiger partial charge in [0.1, 0.15) is 5.82 Å². The Bertz CT molecular complexity index is 336. The summed E-state index contributed by atoms with van der Waals surface area (Å²) in [6.45, 7) is 3.12. The highest BCUT2D eigenvalue weighted by Crippen LogP contribution is 2.29. The lowest BCUT2D eigenvalue weighted by Gasteiger charge is -2.34. The number of aliphatic hydroxyl groups is 1. The van der Waals surface area contributed by atoms with Gasteiger partial charge in [-0.25, -0.2) is 4.98 Å². The van der Waals surface area contributed by atoms with Crippen LogP contribution in [0.25, 0.3) is 0 Å². The first-order valence-electron chi connectivity index (χ1n) is 5.90. The Morgan fingerprint density at radius 1 is 1.50 bits per heavy atom. The number of hydrogen-bond acceptors (Lipinski definition) is 5. The lowest BCUT2D eigenvalue weighted by Crippen LogP contribution is -2.37. The van der Waals surface area contributed by atoms with E-state index in [1.54, 1.807) is 0 Å². The SMILES string of the molecule is CCCc1nsc(N(C)CC2CC(O)C2)n1. The number of rotatable bonds is 5. The summed E-state index contributed by atoms with van der Waals surface area (Å²) >= 11 is 1.48. The highest BCUT2D eigenvalue weighted by Gasteiger charge is 2.28. The van der Waals surface area contributed by atoms with Gasteiger partial charge in [-0.1, -0.05) is 6.92 Å². The third-order valence-corrected chi connectivity index (χ3v) is 3.87. The second kappa shape index (κ2) is 5.10. The first-order valence-corrected chi connectivity index (χ1v) is 6.68. The van der Waals surface area contributed by atoms with Gasteiger partial charge >= 0.3 is 0 Å². The van der Waals surface area contributed by atoms with E-state index in [9.17, 15) is 5.11 Å². The Morgan fingerprint density at radius 2 is 2.25 bits per heavy atom. The van der Waals surface area contributed by atoms with Crippen LogP contribution in [-0.2, 0) is 6.42 Å². The van der Waals surface area contributed by atoms with Crippen molar-refractivity contribution in [1.82, 2.24) is 9.36 Å². The molecule has 0 spiro atoms. The molecule has 1 aromatic rings. The van der Waals surface area contributed by atoms with Crippen LogP contribution < -0.4 is 4.90 Å². The smallest absolute Gasteiger partial charge is 0.204 e. The molecule has 2 rings (SSSR count). The van der Waals surface area contributed by atoms with Crippen LogP contribution in [0.15, 0.2) is 0 Å². The fourth-order valence-corrected chi connectivity index (χ4v) is 2.72. The minimum absolute atomic E-state index is 0.0662. The molecule has 1 aliphatic rings. The van der Waals surface area contributed by atoms with Crippen LogP contribution in [0.5, 0.6) is 0 Å². The normalized spacial score (nSPS) is 24.2. The molecule has 1 fully saturated rings. The van der Waals surface area contributed by atoms with Crippen LogP contribution >= 0.6 is 11.5 Å². The Kier molecular flexibility index (Phi) is 3.76. The lowest BCUT2D eigenvalue weighted by atomic mass is 9.82. The van der Waals surface area contributed by atoms with Crippen molar-refractivity contribution < 1.29 is 5.11 Å². The van der Waals surface area contributed by atoms with Gasteiger partial charge in [-0.15, -0.1) is 0 Å². The zero-order valence-corrected chi connectivity index (χ0v) is 10.7. The molecule has 0 atom stereocenters. The number of nitrogens with zero attached hydrogens (tertiary/aromatic N) is 3. The van der Waals surface area contributed by atoms with Gasteiger partial charge in [-0.05, 0) is 25.2 Å². The van der Waals surface area contributed by atoms with Gasteiger partial charge < -0.3 is 10.0 Å². The van der Waals surface area contributed by atoms with E-state index in [-0.39, 0.29) is 6.10 Å². The summed E-state index contributed by atoms with van der Waals surface area (Å²) in [5, 5.41) is 10.2. The summed E-state index contributed by atoms with van der Waals surface area (Å²) in [4.78, 5) is 6.66. The van der Waals surface area contributed by atoms with E-state index in [1.165, 1.54) is 11.5 Å². The minimum atomic E-state index is -0.0662. The fourth-order valence-electron chi connectivity index (χ4n) is 2.04. The van der Waals surface area contributed by atoms with Crippen molar-refractivity contribution in [1.29, 1.82) is 0 Å². The second-order valence-corrected chi connectivity index (χ2v) is 5.35. The van der Waals surface area contributed by atoms with Crippen molar-refractivity contribution in [2.45, 2.75) is 38.7 Å². The van der Waals surface area contributed by atoms with E-state index >= 15 is 0 Å². The molecule has 1 aliphatic carbocycles. The van der Waals surface area contributed by atoms with Gasteiger partial charge in [-0.2, -0.15) is 4.37 Å². The van der Waals surface area contributed by atoms with E-state index in [0.29, 0.717) is 5.92 Å². The summed E-state index contributed by atoms with van der Waals surface area (Å²) in [5.41, 5.74) is 0. The maximum atomic E-state index is 9.23. The topological polar surface area (TPSA) is 49.2 Å². The Hall–Kier alpha value is -0.680. The van der Waals surface area contributed by atoms with Crippen molar-refractivity contribution in [2.24, 2.45) is 5.92 Å². The van der Waals surface area contributed by atoms with Crippen molar-refractivity contribution in [3.05, 3.63) is 5.82 Å². The quantitative estimate of drug-likeness (QED) is 0.852. The average Bonchev–Trinajstić information content (AvgIpc) is 2.64. The zero-order chi connectivity index (χ0) is 11.5. The van der Waals surface area contributed by atoms with Crippen molar-refractivity contribution in [2.75, 3.05) is 18.5 Å². The molecule has 5 heteroatoms. The highest BCUT2D eigenvalue weighted by atomic mass is 32.1. The Labute approximate surface area is 100 Å². The number of aryl methyl sites for hydroxylation is 1. The summed E-state index contributed by atoms with van der Waals surface area (Å²) < 4.78 is 4.33.